The van der Waals surface area contributed by atoms with Crippen LogP contribution in [0.4, 0.5) is 4.39 Å². The minimum Gasteiger partial charge on any atom is -0.351 e. The summed E-state index contributed by atoms with van der Waals surface area (Å²) in [6.07, 6.45) is 0. The van der Waals surface area contributed by atoms with Crippen molar-refractivity contribution in [3.8, 4) is 11.4 Å². The molecule has 25 heavy (non-hydrogen) atoms. The number of carbonyl (C=O) groups excluding carboxylic acids is 1. The van der Waals surface area contributed by atoms with Gasteiger partial charge >= 0.3 is 0 Å². The quantitative estimate of drug-likeness (QED) is 0.644. The molecule has 2 aromatic carbocycles. The van der Waals surface area contributed by atoms with Gasteiger partial charge in [-0.3, -0.25) is 9.89 Å². The van der Waals surface area contributed by atoms with Crippen molar-refractivity contribution in [1.29, 1.82) is 0 Å². The summed E-state index contributed by atoms with van der Waals surface area (Å²) in [5.74, 6) is 0.365. The SMILES string of the molecule is O=C(CSc1n[nH]c(-c2ccc(Cl)cc2)n1)NCc1ccc(F)cc1. The first-order chi connectivity index (χ1) is 12.1. The molecule has 0 spiro atoms. The summed E-state index contributed by atoms with van der Waals surface area (Å²) in [5.41, 5.74) is 1.70. The summed E-state index contributed by atoms with van der Waals surface area (Å²) in [5, 5.41) is 10.8. The van der Waals surface area contributed by atoms with E-state index in [-0.39, 0.29) is 17.5 Å². The molecule has 5 nitrogen and oxygen atoms in total. The van der Waals surface area contributed by atoms with E-state index in [9.17, 15) is 9.18 Å². The largest absolute Gasteiger partial charge is 0.351 e. The Balaban J connectivity index is 1.49. The van der Waals surface area contributed by atoms with Gasteiger partial charge in [0.05, 0.1) is 5.75 Å². The molecule has 0 bridgehead atoms. The second-order valence-corrected chi connectivity index (χ2v) is 6.54. The molecule has 2 N–H and O–H groups in total. The average molecular weight is 377 g/mol. The van der Waals surface area contributed by atoms with Gasteiger partial charge in [0, 0.05) is 17.1 Å². The third kappa shape index (κ3) is 5.04. The third-order valence-corrected chi connectivity index (χ3v) is 4.42. The Kier molecular flexibility index (Phi) is 5.67. The first-order valence-corrected chi connectivity index (χ1v) is 8.79. The highest BCUT2D eigenvalue weighted by Crippen LogP contribution is 2.20. The van der Waals surface area contributed by atoms with Crippen LogP contribution in [0.25, 0.3) is 11.4 Å². The Labute approximate surface area is 153 Å². The Morgan fingerprint density at radius 2 is 1.88 bits per heavy atom. The molecule has 8 heteroatoms. The Bertz CT molecular complexity index is 852. The van der Waals surface area contributed by atoms with Crippen LogP contribution in [0.3, 0.4) is 0 Å². The van der Waals surface area contributed by atoms with Gasteiger partial charge < -0.3 is 5.32 Å². The number of hydrogen-bond acceptors (Lipinski definition) is 4. The fourth-order valence-electron chi connectivity index (χ4n) is 2.03. The number of nitrogens with zero attached hydrogens (tertiary/aromatic N) is 2. The highest BCUT2D eigenvalue weighted by molar-refractivity contribution is 7.99. The number of aromatic amines is 1. The van der Waals surface area contributed by atoms with Crippen LogP contribution in [0.2, 0.25) is 5.02 Å². The zero-order valence-corrected chi connectivity index (χ0v) is 14.6. The number of rotatable bonds is 6. The van der Waals surface area contributed by atoms with E-state index in [0.29, 0.717) is 22.5 Å². The molecule has 1 heterocycles. The van der Waals surface area contributed by atoms with E-state index >= 15 is 0 Å². The Morgan fingerprint density at radius 3 is 2.60 bits per heavy atom. The summed E-state index contributed by atoms with van der Waals surface area (Å²) in [7, 11) is 0. The molecule has 0 saturated carbocycles. The molecular weight excluding hydrogens is 363 g/mol. The predicted molar refractivity (Wildman–Crippen MR) is 95.8 cm³/mol. The van der Waals surface area contributed by atoms with Gasteiger partial charge in [-0.1, -0.05) is 35.5 Å². The second kappa shape index (κ2) is 8.13. The van der Waals surface area contributed by atoms with Crippen molar-refractivity contribution in [2.24, 2.45) is 0 Å². The van der Waals surface area contributed by atoms with Crippen molar-refractivity contribution >= 4 is 29.3 Å². The maximum atomic E-state index is 12.8. The van der Waals surface area contributed by atoms with Gasteiger partial charge in [-0.2, -0.15) is 0 Å². The monoisotopic (exact) mass is 376 g/mol. The molecule has 0 unspecified atom stereocenters. The van der Waals surface area contributed by atoms with E-state index in [1.54, 1.807) is 24.3 Å². The first-order valence-electron chi connectivity index (χ1n) is 7.42. The van der Waals surface area contributed by atoms with E-state index in [0.717, 1.165) is 11.1 Å². The minimum atomic E-state index is -0.299. The number of benzene rings is 2. The van der Waals surface area contributed by atoms with E-state index in [1.165, 1.54) is 23.9 Å². The normalized spacial score (nSPS) is 10.6. The molecule has 0 aliphatic rings. The van der Waals surface area contributed by atoms with Gasteiger partial charge in [0.2, 0.25) is 11.1 Å². The van der Waals surface area contributed by atoms with E-state index < -0.39 is 0 Å². The van der Waals surface area contributed by atoms with E-state index in [4.69, 9.17) is 11.6 Å². The second-order valence-electron chi connectivity index (χ2n) is 5.17. The van der Waals surface area contributed by atoms with Crippen LogP contribution in [0.5, 0.6) is 0 Å². The van der Waals surface area contributed by atoms with Crippen molar-refractivity contribution in [3.05, 3.63) is 64.9 Å². The number of amides is 1. The number of aromatic nitrogens is 3. The number of H-pyrrole nitrogens is 1. The zero-order chi connectivity index (χ0) is 17.6. The number of carbonyl (C=O) groups is 1. The van der Waals surface area contributed by atoms with Crippen LogP contribution in [0.15, 0.2) is 53.7 Å². The van der Waals surface area contributed by atoms with Gasteiger partial charge in [-0.25, -0.2) is 9.37 Å². The summed E-state index contributed by atoms with van der Waals surface area (Å²) in [6, 6.07) is 13.2. The van der Waals surface area contributed by atoms with Crippen molar-refractivity contribution in [3.63, 3.8) is 0 Å². The van der Waals surface area contributed by atoms with Gasteiger partial charge in [-0.05, 0) is 42.0 Å². The molecule has 1 aromatic heterocycles. The number of nitrogens with one attached hydrogen (secondary N) is 2. The van der Waals surface area contributed by atoms with Crippen LogP contribution in [-0.4, -0.2) is 26.8 Å². The lowest BCUT2D eigenvalue weighted by atomic mass is 10.2. The average Bonchev–Trinajstić information content (AvgIpc) is 3.09. The van der Waals surface area contributed by atoms with Crippen LogP contribution in [-0.2, 0) is 11.3 Å². The van der Waals surface area contributed by atoms with Gasteiger partial charge in [0.25, 0.3) is 0 Å². The number of halogens is 2. The molecular formula is C17H14ClFN4OS. The number of hydrogen-bond donors (Lipinski definition) is 2. The molecule has 0 saturated heterocycles. The van der Waals surface area contributed by atoms with Crippen molar-refractivity contribution in [2.75, 3.05) is 5.75 Å². The lowest BCUT2D eigenvalue weighted by Gasteiger charge is -2.04. The van der Waals surface area contributed by atoms with Gasteiger partial charge in [0.15, 0.2) is 5.82 Å². The molecule has 0 atom stereocenters. The highest BCUT2D eigenvalue weighted by Gasteiger charge is 2.09. The smallest absolute Gasteiger partial charge is 0.230 e. The topological polar surface area (TPSA) is 70.7 Å². The molecule has 3 rings (SSSR count). The molecule has 0 fully saturated rings. The summed E-state index contributed by atoms with van der Waals surface area (Å²) >= 11 is 7.09. The Hall–Kier alpha value is -2.38. The van der Waals surface area contributed by atoms with Gasteiger partial charge in [-0.15, -0.1) is 5.10 Å². The van der Waals surface area contributed by atoms with Crippen molar-refractivity contribution in [1.82, 2.24) is 20.5 Å². The molecule has 3 aromatic rings. The predicted octanol–water partition coefficient (Wildman–Crippen LogP) is 3.67. The first kappa shape index (κ1) is 17.4. The maximum Gasteiger partial charge on any atom is 0.230 e. The minimum absolute atomic E-state index is 0.146. The van der Waals surface area contributed by atoms with Gasteiger partial charge in [0.1, 0.15) is 5.82 Å². The standard InChI is InChI=1S/C17H14ClFN4OS/c18-13-5-3-12(4-6-13)16-21-17(23-22-16)25-10-15(24)20-9-11-1-7-14(19)8-2-11/h1-8H,9-10H2,(H,20,24)(H,21,22,23). The molecule has 0 aliphatic carbocycles. The fraction of sp³-hybridized carbons (Fsp3) is 0.118. The van der Waals surface area contributed by atoms with Crippen molar-refractivity contribution in [2.45, 2.75) is 11.7 Å². The molecule has 1 amide bonds. The van der Waals surface area contributed by atoms with Crippen LogP contribution < -0.4 is 5.32 Å². The van der Waals surface area contributed by atoms with E-state index in [2.05, 4.69) is 20.5 Å². The summed E-state index contributed by atoms with van der Waals surface area (Å²) < 4.78 is 12.8. The lowest BCUT2D eigenvalue weighted by molar-refractivity contribution is -0.118. The van der Waals surface area contributed by atoms with Crippen molar-refractivity contribution < 1.29 is 9.18 Å². The highest BCUT2D eigenvalue weighted by atomic mass is 35.5. The van der Waals surface area contributed by atoms with E-state index in [1.807, 2.05) is 12.1 Å². The lowest BCUT2D eigenvalue weighted by Crippen LogP contribution is -2.24. The van der Waals surface area contributed by atoms with Crippen LogP contribution >= 0.6 is 23.4 Å². The maximum absolute atomic E-state index is 12.8. The van der Waals surface area contributed by atoms with Crippen LogP contribution in [0.1, 0.15) is 5.56 Å². The Morgan fingerprint density at radius 1 is 1.16 bits per heavy atom. The molecule has 0 aliphatic heterocycles. The summed E-state index contributed by atoms with van der Waals surface area (Å²) in [6.45, 7) is 0.351. The fourth-order valence-corrected chi connectivity index (χ4v) is 2.79. The molecule has 0 radical (unpaired) electrons. The molecule has 128 valence electrons. The third-order valence-electron chi connectivity index (χ3n) is 3.32. The number of thioether (sulfide) groups is 1. The van der Waals surface area contributed by atoms with Crippen LogP contribution in [0, 0.1) is 5.82 Å². The summed E-state index contributed by atoms with van der Waals surface area (Å²) in [4.78, 5) is 16.2. The zero-order valence-electron chi connectivity index (χ0n) is 13.0.